The normalized spacial score (nSPS) is 28.5. The maximum absolute atomic E-state index is 11.1. The number of carbonyl (C=O) groups excluding carboxylic acids is 2. The molecule has 0 aromatic carbocycles. The predicted molar refractivity (Wildman–Crippen MR) is 43.7 cm³/mol. The second-order valence-corrected chi connectivity index (χ2v) is 3.34. The molecule has 1 saturated carbocycles. The molecule has 0 aromatic heterocycles. The summed E-state index contributed by atoms with van der Waals surface area (Å²) in [4.78, 5) is 21.9. The van der Waals surface area contributed by atoms with Crippen molar-refractivity contribution in [2.24, 2.45) is 11.8 Å². The number of methoxy groups -OCH3 is 1. The molecule has 0 saturated heterocycles. The Labute approximate surface area is 76.0 Å². The van der Waals surface area contributed by atoms with Gasteiger partial charge in [0.15, 0.2) is 0 Å². The first-order valence-corrected chi connectivity index (χ1v) is 4.31. The highest BCUT2D eigenvalue weighted by molar-refractivity contribution is 6.64. The molecule has 12 heavy (non-hydrogen) atoms. The summed E-state index contributed by atoms with van der Waals surface area (Å²) in [7, 11) is 1.33. The molecule has 1 aliphatic carbocycles. The summed E-state index contributed by atoms with van der Waals surface area (Å²) in [6, 6.07) is 0. The Kier molecular flexibility index (Phi) is 3.09. The van der Waals surface area contributed by atoms with Gasteiger partial charge in [0.1, 0.15) is 0 Å². The summed E-state index contributed by atoms with van der Waals surface area (Å²) in [5.74, 6) is -0.939. The highest BCUT2D eigenvalue weighted by atomic mass is 35.5. The number of esters is 1. The highest BCUT2D eigenvalue weighted by Gasteiger charge is 2.37. The lowest BCUT2D eigenvalue weighted by Crippen LogP contribution is -2.23. The van der Waals surface area contributed by atoms with E-state index in [4.69, 9.17) is 11.6 Å². The van der Waals surface area contributed by atoms with Crippen LogP contribution in [0.25, 0.3) is 0 Å². The summed E-state index contributed by atoms with van der Waals surface area (Å²) in [5.41, 5.74) is 0. The molecular formula is C8H11ClO3. The Morgan fingerprint density at radius 1 is 1.33 bits per heavy atom. The standard InChI is InChI=1S/C8H11ClO3/c1-12-8(11)6-4-2-3-5(6)7(9)10/h5-6H,2-4H2,1H3/t5-,6+/m1/s1. The van der Waals surface area contributed by atoms with Gasteiger partial charge in [-0.3, -0.25) is 9.59 Å². The molecule has 3 nitrogen and oxygen atoms in total. The van der Waals surface area contributed by atoms with Gasteiger partial charge in [0.25, 0.3) is 0 Å². The SMILES string of the molecule is COC(=O)[C@H]1CCC[C@H]1C(=O)Cl. The van der Waals surface area contributed by atoms with Crippen molar-refractivity contribution in [2.45, 2.75) is 19.3 Å². The molecule has 0 heterocycles. The van der Waals surface area contributed by atoms with Crippen LogP contribution >= 0.6 is 11.6 Å². The summed E-state index contributed by atoms with van der Waals surface area (Å²) >= 11 is 5.33. The van der Waals surface area contributed by atoms with Gasteiger partial charge in [0.2, 0.25) is 5.24 Å². The second kappa shape index (κ2) is 3.90. The molecule has 1 rings (SSSR count). The molecule has 0 radical (unpaired) electrons. The third-order valence-electron chi connectivity index (χ3n) is 2.31. The lowest BCUT2D eigenvalue weighted by atomic mass is 9.98. The van der Waals surface area contributed by atoms with E-state index in [1.165, 1.54) is 7.11 Å². The lowest BCUT2D eigenvalue weighted by molar-refractivity contribution is -0.148. The van der Waals surface area contributed by atoms with Crippen molar-refractivity contribution in [1.82, 2.24) is 0 Å². The van der Waals surface area contributed by atoms with Crippen molar-refractivity contribution in [3.63, 3.8) is 0 Å². The largest absolute Gasteiger partial charge is 0.469 e. The number of carbonyl (C=O) groups is 2. The molecule has 1 fully saturated rings. The van der Waals surface area contributed by atoms with Crippen molar-refractivity contribution in [1.29, 1.82) is 0 Å². The van der Waals surface area contributed by atoms with Crippen molar-refractivity contribution < 1.29 is 14.3 Å². The third kappa shape index (κ3) is 1.78. The molecule has 68 valence electrons. The van der Waals surface area contributed by atoms with E-state index in [2.05, 4.69) is 4.74 Å². The number of hydrogen-bond acceptors (Lipinski definition) is 3. The molecule has 2 atom stereocenters. The molecular weight excluding hydrogens is 180 g/mol. The fourth-order valence-corrected chi connectivity index (χ4v) is 1.93. The minimum Gasteiger partial charge on any atom is -0.469 e. The van der Waals surface area contributed by atoms with Crippen molar-refractivity contribution in [3.8, 4) is 0 Å². The van der Waals surface area contributed by atoms with Gasteiger partial charge in [-0.2, -0.15) is 0 Å². The summed E-state index contributed by atoms with van der Waals surface area (Å²) in [6.45, 7) is 0. The van der Waals surface area contributed by atoms with E-state index in [0.29, 0.717) is 6.42 Å². The van der Waals surface area contributed by atoms with Gasteiger partial charge in [0, 0.05) is 5.92 Å². The highest BCUT2D eigenvalue weighted by Crippen LogP contribution is 2.33. The first-order valence-electron chi connectivity index (χ1n) is 3.94. The number of halogens is 1. The summed E-state index contributed by atoms with van der Waals surface area (Å²) in [5, 5.41) is -0.414. The Hall–Kier alpha value is -0.570. The Morgan fingerprint density at radius 3 is 2.42 bits per heavy atom. The van der Waals surface area contributed by atoms with E-state index < -0.39 is 5.24 Å². The third-order valence-corrected chi connectivity index (χ3v) is 2.59. The van der Waals surface area contributed by atoms with Gasteiger partial charge >= 0.3 is 5.97 Å². The quantitative estimate of drug-likeness (QED) is 0.488. The minimum atomic E-state index is -0.414. The average molecular weight is 191 g/mol. The van der Waals surface area contributed by atoms with Gasteiger partial charge < -0.3 is 4.74 Å². The van der Waals surface area contributed by atoms with E-state index in [1.54, 1.807) is 0 Å². The second-order valence-electron chi connectivity index (χ2n) is 2.97. The molecule has 0 aromatic rings. The Morgan fingerprint density at radius 2 is 1.92 bits per heavy atom. The zero-order valence-electron chi connectivity index (χ0n) is 6.88. The molecule has 0 spiro atoms. The van der Waals surface area contributed by atoms with Crippen LogP contribution in [-0.2, 0) is 14.3 Å². The van der Waals surface area contributed by atoms with E-state index in [-0.39, 0.29) is 17.8 Å². The van der Waals surface area contributed by atoms with Crippen LogP contribution in [0.15, 0.2) is 0 Å². The van der Waals surface area contributed by atoms with E-state index in [1.807, 2.05) is 0 Å². The van der Waals surface area contributed by atoms with Crippen molar-refractivity contribution in [3.05, 3.63) is 0 Å². The topological polar surface area (TPSA) is 43.4 Å². The first kappa shape index (κ1) is 9.52. The predicted octanol–water partition coefficient (Wildman–Crippen LogP) is 1.34. The van der Waals surface area contributed by atoms with Gasteiger partial charge in [-0.05, 0) is 24.4 Å². The Bertz CT molecular complexity index is 202. The molecule has 0 aliphatic heterocycles. The van der Waals surface area contributed by atoms with Crippen LogP contribution in [0.4, 0.5) is 0 Å². The zero-order valence-corrected chi connectivity index (χ0v) is 7.63. The van der Waals surface area contributed by atoms with Crippen molar-refractivity contribution >= 4 is 22.8 Å². The molecule has 0 amide bonds. The monoisotopic (exact) mass is 190 g/mol. The van der Waals surface area contributed by atoms with Crippen LogP contribution in [0.1, 0.15) is 19.3 Å². The van der Waals surface area contributed by atoms with Gasteiger partial charge in [-0.25, -0.2) is 0 Å². The van der Waals surface area contributed by atoms with Gasteiger partial charge in [-0.1, -0.05) is 6.42 Å². The summed E-state index contributed by atoms with van der Waals surface area (Å²) in [6.07, 6.45) is 2.31. The van der Waals surface area contributed by atoms with E-state index in [9.17, 15) is 9.59 Å². The lowest BCUT2D eigenvalue weighted by Gasteiger charge is -2.12. The number of hydrogen-bond donors (Lipinski definition) is 0. The maximum atomic E-state index is 11.1. The van der Waals surface area contributed by atoms with Crippen LogP contribution in [-0.4, -0.2) is 18.3 Å². The van der Waals surface area contributed by atoms with Gasteiger partial charge in [-0.15, -0.1) is 0 Å². The smallest absolute Gasteiger partial charge is 0.309 e. The minimum absolute atomic E-state index is 0.306. The average Bonchev–Trinajstić information content (AvgIpc) is 2.50. The molecule has 1 aliphatic rings. The van der Waals surface area contributed by atoms with Crippen LogP contribution in [0.3, 0.4) is 0 Å². The molecule has 0 bridgehead atoms. The number of rotatable bonds is 2. The van der Waals surface area contributed by atoms with E-state index >= 15 is 0 Å². The van der Waals surface area contributed by atoms with Crippen LogP contribution in [0.5, 0.6) is 0 Å². The van der Waals surface area contributed by atoms with E-state index in [0.717, 1.165) is 12.8 Å². The number of ether oxygens (including phenoxy) is 1. The van der Waals surface area contributed by atoms with Crippen molar-refractivity contribution in [2.75, 3.05) is 7.11 Å². The van der Waals surface area contributed by atoms with Gasteiger partial charge in [0.05, 0.1) is 13.0 Å². The van der Waals surface area contributed by atoms with Crippen LogP contribution in [0, 0.1) is 11.8 Å². The summed E-state index contributed by atoms with van der Waals surface area (Å²) < 4.78 is 4.56. The maximum Gasteiger partial charge on any atom is 0.309 e. The fraction of sp³-hybridized carbons (Fsp3) is 0.750. The molecule has 0 unspecified atom stereocenters. The molecule has 0 N–H and O–H groups in total. The fourth-order valence-electron chi connectivity index (χ4n) is 1.67. The van der Waals surface area contributed by atoms with Crippen LogP contribution in [0.2, 0.25) is 0 Å². The Balaban J connectivity index is 2.63. The van der Waals surface area contributed by atoms with Crippen LogP contribution < -0.4 is 0 Å². The first-order chi connectivity index (χ1) is 5.66. The zero-order chi connectivity index (χ0) is 9.14. The molecule has 4 heteroatoms.